The van der Waals surface area contributed by atoms with Crippen LogP contribution in [0.4, 0.5) is 5.69 Å². The first-order valence-corrected chi connectivity index (χ1v) is 8.17. The highest BCUT2D eigenvalue weighted by atomic mass is 35.5. The van der Waals surface area contributed by atoms with Crippen molar-refractivity contribution < 1.29 is 4.79 Å². The van der Waals surface area contributed by atoms with E-state index in [4.69, 9.17) is 16.9 Å². The van der Waals surface area contributed by atoms with Crippen LogP contribution in [0, 0.1) is 17.2 Å². The van der Waals surface area contributed by atoms with Gasteiger partial charge in [-0.25, -0.2) is 0 Å². The summed E-state index contributed by atoms with van der Waals surface area (Å²) < 4.78 is 0. The van der Waals surface area contributed by atoms with E-state index in [-0.39, 0.29) is 18.5 Å². The fourth-order valence-corrected chi connectivity index (χ4v) is 2.69. The van der Waals surface area contributed by atoms with Gasteiger partial charge in [-0.2, -0.15) is 5.26 Å². The maximum Gasteiger partial charge on any atom is 0.238 e. The molecule has 0 aromatic heterocycles. The molecule has 2 rings (SSSR count). The average Bonchev–Trinajstić information content (AvgIpc) is 2.56. The Labute approximate surface area is 147 Å². The molecule has 5 heteroatoms. The number of rotatable bonds is 6. The summed E-state index contributed by atoms with van der Waals surface area (Å²) in [5.74, 6) is 0.122. The number of nitrogens with one attached hydrogen (secondary N) is 2. The first kappa shape index (κ1) is 18.0. The van der Waals surface area contributed by atoms with Crippen molar-refractivity contribution in [3.63, 3.8) is 0 Å². The minimum absolute atomic E-state index is 0.0757. The summed E-state index contributed by atoms with van der Waals surface area (Å²) in [7, 11) is 0. The number of anilines is 1. The van der Waals surface area contributed by atoms with Crippen molar-refractivity contribution in [1.82, 2.24) is 5.32 Å². The second-order valence-electron chi connectivity index (χ2n) is 5.86. The van der Waals surface area contributed by atoms with E-state index in [9.17, 15) is 4.79 Å². The van der Waals surface area contributed by atoms with Gasteiger partial charge in [0.1, 0.15) is 6.07 Å². The Balaban J connectivity index is 2.02. The van der Waals surface area contributed by atoms with Crippen molar-refractivity contribution in [3.8, 4) is 6.07 Å². The number of benzene rings is 2. The Bertz CT molecular complexity index is 738. The van der Waals surface area contributed by atoms with Crippen LogP contribution >= 0.6 is 11.6 Å². The molecule has 0 fully saturated rings. The molecule has 0 heterocycles. The van der Waals surface area contributed by atoms with Gasteiger partial charge in [0.05, 0.1) is 17.8 Å². The summed E-state index contributed by atoms with van der Waals surface area (Å²) in [5.41, 5.74) is 1.95. The fraction of sp³-hybridized carbons (Fsp3) is 0.263. The third kappa shape index (κ3) is 4.82. The quantitative estimate of drug-likeness (QED) is 0.830. The van der Waals surface area contributed by atoms with Crippen molar-refractivity contribution in [2.75, 3.05) is 11.9 Å². The van der Waals surface area contributed by atoms with Crippen LogP contribution < -0.4 is 10.6 Å². The smallest absolute Gasteiger partial charge is 0.238 e. The SMILES string of the molecule is CC(C)[C@@H](NCC(=O)Nc1cc(Cl)ccc1C#N)c1ccccc1. The van der Waals surface area contributed by atoms with Gasteiger partial charge >= 0.3 is 0 Å². The van der Waals surface area contributed by atoms with Crippen molar-refractivity contribution >= 4 is 23.2 Å². The van der Waals surface area contributed by atoms with Crippen LogP contribution in [-0.4, -0.2) is 12.5 Å². The Kier molecular flexibility index (Phi) is 6.36. The first-order valence-electron chi connectivity index (χ1n) is 7.79. The monoisotopic (exact) mass is 341 g/mol. The maximum absolute atomic E-state index is 12.2. The zero-order valence-electron chi connectivity index (χ0n) is 13.7. The number of nitrogens with zero attached hydrogens (tertiary/aromatic N) is 1. The highest BCUT2D eigenvalue weighted by Crippen LogP contribution is 2.22. The van der Waals surface area contributed by atoms with Crippen LogP contribution in [0.15, 0.2) is 48.5 Å². The predicted molar refractivity (Wildman–Crippen MR) is 96.8 cm³/mol. The van der Waals surface area contributed by atoms with Gasteiger partial charge in [-0.3, -0.25) is 4.79 Å². The molecular formula is C19H20ClN3O. The lowest BCUT2D eigenvalue weighted by atomic mass is 9.96. The lowest BCUT2D eigenvalue weighted by Gasteiger charge is -2.22. The van der Waals surface area contributed by atoms with Crippen LogP contribution in [0.1, 0.15) is 31.0 Å². The molecule has 4 nitrogen and oxygen atoms in total. The largest absolute Gasteiger partial charge is 0.324 e. The molecular weight excluding hydrogens is 322 g/mol. The normalized spacial score (nSPS) is 11.8. The molecule has 0 bridgehead atoms. The highest BCUT2D eigenvalue weighted by Gasteiger charge is 2.16. The Hall–Kier alpha value is -2.35. The Morgan fingerprint density at radius 2 is 1.92 bits per heavy atom. The van der Waals surface area contributed by atoms with Gasteiger partial charge in [-0.15, -0.1) is 0 Å². The van der Waals surface area contributed by atoms with Crippen molar-refractivity contribution in [2.45, 2.75) is 19.9 Å². The zero-order valence-corrected chi connectivity index (χ0v) is 14.5. The summed E-state index contributed by atoms with van der Waals surface area (Å²) in [6.07, 6.45) is 0. The van der Waals surface area contributed by atoms with E-state index in [0.29, 0.717) is 22.2 Å². The number of carbonyl (C=O) groups is 1. The number of carbonyl (C=O) groups excluding carboxylic acids is 1. The first-order chi connectivity index (χ1) is 11.5. The molecule has 24 heavy (non-hydrogen) atoms. The van der Waals surface area contributed by atoms with Crippen molar-refractivity contribution in [3.05, 3.63) is 64.7 Å². The molecule has 1 amide bonds. The molecule has 0 aliphatic rings. The number of hydrogen-bond acceptors (Lipinski definition) is 3. The van der Waals surface area contributed by atoms with E-state index in [0.717, 1.165) is 5.56 Å². The second kappa shape index (κ2) is 8.49. The molecule has 0 spiro atoms. The molecule has 1 atom stereocenters. The van der Waals surface area contributed by atoms with Gasteiger partial charge in [0.25, 0.3) is 0 Å². The minimum Gasteiger partial charge on any atom is -0.324 e. The van der Waals surface area contributed by atoms with Crippen LogP contribution in [0.2, 0.25) is 5.02 Å². The van der Waals surface area contributed by atoms with E-state index in [1.54, 1.807) is 18.2 Å². The third-order valence-electron chi connectivity index (χ3n) is 3.68. The molecule has 0 aliphatic carbocycles. The lowest BCUT2D eigenvalue weighted by Crippen LogP contribution is -2.33. The average molecular weight is 342 g/mol. The standard InChI is InChI=1S/C19H20ClN3O/c1-13(2)19(14-6-4-3-5-7-14)22-12-18(24)23-17-10-16(20)9-8-15(17)11-21/h3-10,13,19,22H,12H2,1-2H3,(H,23,24)/t19-/m1/s1. The molecule has 2 aromatic carbocycles. The van der Waals surface area contributed by atoms with Crippen molar-refractivity contribution in [2.24, 2.45) is 5.92 Å². The van der Waals surface area contributed by atoms with Crippen LogP contribution in [0.25, 0.3) is 0 Å². The van der Waals surface area contributed by atoms with Crippen molar-refractivity contribution in [1.29, 1.82) is 5.26 Å². The number of hydrogen-bond donors (Lipinski definition) is 2. The van der Waals surface area contributed by atoms with Crippen LogP contribution in [0.5, 0.6) is 0 Å². The minimum atomic E-state index is -0.213. The molecule has 0 aliphatic heterocycles. The second-order valence-corrected chi connectivity index (χ2v) is 6.30. The van der Waals surface area contributed by atoms with E-state index >= 15 is 0 Å². The van der Waals surface area contributed by atoms with Gasteiger partial charge in [0, 0.05) is 11.1 Å². The molecule has 0 unspecified atom stereocenters. The van der Waals surface area contributed by atoms with Gasteiger partial charge in [-0.05, 0) is 29.7 Å². The number of amides is 1. The predicted octanol–water partition coefficient (Wildman–Crippen LogP) is 4.14. The topological polar surface area (TPSA) is 64.9 Å². The van der Waals surface area contributed by atoms with Gasteiger partial charge < -0.3 is 10.6 Å². The molecule has 0 saturated carbocycles. The van der Waals surface area contributed by atoms with Crippen LogP contribution in [-0.2, 0) is 4.79 Å². The van der Waals surface area contributed by atoms with Gasteiger partial charge in [0.15, 0.2) is 0 Å². The van der Waals surface area contributed by atoms with Gasteiger partial charge in [-0.1, -0.05) is 55.8 Å². The summed E-state index contributed by atoms with van der Waals surface area (Å²) in [6.45, 7) is 4.36. The Morgan fingerprint density at radius 1 is 1.21 bits per heavy atom. The summed E-state index contributed by atoms with van der Waals surface area (Å²) in [5, 5.41) is 15.6. The van der Waals surface area contributed by atoms with E-state index in [1.165, 1.54) is 0 Å². The van der Waals surface area contributed by atoms with Crippen LogP contribution in [0.3, 0.4) is 0 Å². The Morgan fingerprint density at radius 3 is 2.54 bits per heavy atom. The lowest BCUT2D eigenvalue weighted by molar-refractivity contribution is -0.115. The number of halogens is 1. The highest BCUT2D eigenvalue weighted by molar-refractivity contribution is 6.31. The van der Waals surface area contributed by atoms with E-state index in [2.05, 4.69) is 24.5 Å². The molecule has 2 aromatic rings. The van der Waals surface area contributed by atoms with E-state index < -0.39 is 0 Å². The molecule has 2 N–H and O–H groups in total. The molecule has 0 radical (unpaired) electrons. The zero-order chi connectivity index (χ0) is 17.5. The van der Waals surface area contributed by atoms with Gasteiger partial charge in [0.2, 0.25) is 5.91 Å². The maximum atomic E-state index is 12.2. The molecule has 124 valence electrons. The summed E-state index contributed by atoms with van der Waals surface area (Å²) in [6, 6.07) is 16.9. The summed E-state index contributed by atoms with van der Waals surface area (Å²) >= 11 is 5.93. The molecule has 0 saturated heterocycles. The third-order valence-corrected chi connectivity index (χ3v) is 3.92. The van der Waals surface area contributed by atoms with E-state index in [1.807, 2.05) is 36.4 Å². The number of nitriles is 1. The fourth-order valence-electron chi connectivity index (χ4n) is 2.51. The summed E-state index contributed by atoms with van der Waals surface area (Å²) in [4.78, 5) is 12.2.